The Kier molecular flexibility index (Phi) is 3.13. The fourth-order valence-electron chi connectivity index (χ4n) is 3.47. The number of anilines is 2. The first kappa shape index (κ1) is 11.8. The lowest BCUT2D eigenvalue weighted by Crippen LogP contribution is -2.46. The molecule has 0 radical (unpaired) electrons. The summed E-state index contributed by atoms with van der Waals surface area (Å²) in [6, 6.07) is 2.83. The van der Waals surface area contributed by atoms with Gasteiger partial charge in [0.15, 0.2) is 5.82 Å². The summed E-state index contributed by atoms with van der Waals surface area (Å²) in [4.78, 5) is 2.42. The summed E-state index contributed by atoms with van der Waals surface area (Å²) >= 11 is 1.39. The molecule has 0 amide bonds. The van der Waals surface area contributed by atoms with Crippen LogP contribution in [0.15, 0.2) is 0 Å². The van der Waals surface area contributed by atoms with E-state index in [-0.39, 0.29) is 0 Å². The van der Waals surface area contributed by atoms with E-state index in [1.807, 2.05) is 0 Å². The highest BCUT2D eigenvalue weighted by Gasteiger charge is 2.35. The molecule has 2 heterocycles. The third kappa shape index (κ3) is 1.85. The van der Waals surface area contributed by atoms with E-state index >= 15 is 0 Å². The van der Waals surface area contributed by atoms with Crippen LogP contribution in [0.3, 0.4) is 0 Å². The Labute approximate surface area is 112 Å². The first-order chi connectivity index (χ1) is 8.81. The lowest BCUT2D eigenvalue weighted by Gasteiger charge is -2.44. The third-order valence-corrected chi connectivity index (χ3v) is 5.22. The molecule has 2 aliphatic rings. The molecular weight excluding hydrogens is 244 g/mol. The van der Waals surface area contributed by atoms with Crippen LogP contribution in [0.2, 0.25) is 0 Å². The van der Waals surface area contributed by atoms with E-state index in [1.54, 1.807) is 0 Å². The van der Waals surface area contributed by atoms with Crippen molar-refractivity contribution in [3.8, 4) is 6.07 Å². The summed E-state index contributed by atoms with van der Waals surface area (Å²) in [5, 5.41) is 10.2. The topological polar surface area (TPSA) is 65.9 Å². The number of aromatic nitrogens is 1. The van der Waals surface area contributed by atoms with Crippen LogP contribution in [0.4, 0.5) is 10.8 Å². The van der Waals surface area contributed by atoms with Crippen molar-refractivity contribution in [2.45, 2.75) is 44.6 Å². The van der Waals surface area contributed by atoms with Crippen LogP contribution < -0.4 is 10.6 Å². The highest BCUT2D eigenvalue weighted by molar-refractivity contribution is 7.10. The molecule has 0 aromatic carbocycles. The lowest BCUT2D eigenvalue weighted by molar-refractivity contribution is 0.244. The zero-order valence-electron chi connectivity index (χ0n) is 10.4. The minimum atomic E-state index is 0.399. The van der Waals surface area contributed by atoms with Gasteiger partial charge in [0.2, 0.25) is 0 Å². The van der Waals surface area contributed by atoms with Gasteiger partial charge in [-0.05, 0) is 43.1 Å². The van der Waals surface area contributed by atoms with Gasteiger partial charge < -0.3 is 10.6 Å². The molecule has 18 heavy (non-hydrogen) atoms. The van der Waals surface area contributed by atoms with Gasteiger partial charge >= 0.3 is 0 Å². The first-order valence-electron chi connectivity index (χ1n) is 6.73. The Morgan fingerprint density at radius 2 is 2.06 bits per heavy atom. The van der Waals surface area contributed by atoms with Crippen molar-refractivity contribution in [3.05, 3.63) is 5.56 Å². The fourth-order valence-corrected chi connectivity index (χ4v) is 4.32. The Balaban J connectivity index is 1.92. The predicted octanol–water partition coefficient (Wildman–Crippen LogP) is 2.76. The van der Waals surface area contributed by atoms with Gasteiger partial charge in [-0.15, -0.1) is 0 Å². The van der Waals surface area contributed by atoms with Gasteiger partial charge in [-0.25, -0.2) is 0 Å². The summed E-state index contributed by atoms with van der Waals surface area (Å²) in [6.07, 6.45) is 7.85. The molecule has 1 aromatic heterocycles. The molecule has 4 nitrogen and oxygen atoms in total. The molecule has 5 heteroatoms. The summed E-state index contributed by atoms with van der Waals surface area (Å²) in [6.45, 7) is 1.05. The molecule has 0 spiro atoms. The number of nitriles is 1. The monoisotopic (exact) mass is 262 g/mol. The summed E-state index contributed by atoms with van der Waals surface area (Å²) in [5.74, 6) is 1.21. The maximum absolute atomic E-state index is 9.22. The molecule has 1 saturated heterocycles. The number of nitrogen functional groups attached to an aromatic ring is 1. The molecule has 1 saturated carbocycles. The highest BCUT2D eigenvalue weighted by Crippen LogP contribution is 2.41. The molecular formula is C13H18N4S. The third-order valence-electron chi connectivity index (χ3n) is 4.32. The van der Waals surface area contributed by atoms with E-state index in [2.05, 4.69) is 15.3 Å². The number of nitrogens with zero attached hydrogens (tertiary/aromatic N) is 3. The van der Waals surface area contributed by atoms with Crippen molar-refractivity contribution >= 4 is 22.4 Å². The second-order valence-corrected chi connectivity index (χ2v) is 6.06. The SMILES string of the molecule is N#Cc1c(N)nsc1N1CCCC2CCCCC21. The average molecular weight is 262 g/mol. The number of piperidine rings is 1. The van der Waals surface area contributed by atoms with E-state index in [1.165, 1.54) is 50.1 Å². The van der Waals surface area contributed by atoms with Crippen molar-refractivity contribution in [1.29, 1.82) is 5.26 Å². The van der Waals surface area contributed by atoms with Crippen LogP contribution in [0.25, 0.3) is 0 Å². The van der Waals surface area contributed by atoms with Crippen LogP contribution in [-0.2, 0) is 0 Å². The molecule has 2 atom stereocenters. The Morgan fingerprint density at radius 3 is 2.89 bits per heavy atom. The molecule has 2 fully saturated rings. The quantitative estimate of drug-likeness (QED) is 0.845. The maximum atomic E-state index is 9.22. The van der Waals surface area contributed by atoms with Gasteiger partial charge in [0.05, 0.1) is 0 Å². The Hall–Kier alpha value is -1.28. The summed E-state index contributed by atoms with van der Waals surface area (Å²) < 4.78 is 4.16. The number of hydrogen-bond donors (Lipinski definition) is 1. The predicted molar refractivity (Wildman–Crippen MR) is 73.6 cm³/mol. The number of hydrogen-bond acceptors (Lipinski definition) is 5. The second kappa shape index (κ2) is 4.77. The van der Waals surface area contributed by atoms with Gasteiger partial charge in [-0.1, -0.05) is 12.8 Å². The maximum Gasteiger partial charge on any atom is 0.157 e. The zero-order valence-corrected chi connectivity index (χ0v) is 11.2. The van der Waals surface area contributed by atoms with E-state index in [0.717, 1.165) is 17.5 Å². The largest absolute Gasteiger partial charge is 0.382 e. The number of nitrogens with two attached hydrogens (primary N) is 1. The van der Waals surface area contributed by atoms with Gasteiger partial charge in [0.1, 0.15) is 16.6 Å². The average Bonchev–Trinajstić information content (AvgIpc) is 2.79. The minimum absolute atomic E-state index is 0.399. The van der Waals surface area contributed by atoms with Crippen molar-refractivity contribution in [1.82, 2.24) is 4.37 Å². The first-order valence-corrected chi connectivity index (χ1v) is 7.50. The van der Waals surface area contributed by atoms with E-state index < -0.39 is 0 Å². The van der Waals surface area contributed by atoms with Crippen molar-refractivity contribution in [3.63, 3.8) is 0 Å². The zero-order chi connectivity index (χ0) is 12.5. The number of rotatable bonds is 1. The summed E-state index contributed by atoms with van der Waals surface area (Å²) in [5.41, 5.74) is 6.37. The van der Waals surface area contributed by atoms with Crippen LogP contribution >= 0.6 is 11.5 Å². The number of fused-ring (bicyclic) bond motifs is 1. The Bertz CT molecular complexity index is 474. The van der Waals surface area contributed by atoms with Crippen LogP contribution in [0, 0.1) is 17.2 Å². The molecule has 1 aliphatic heterocycles. The highest BCUT2D eigenvalue weighted by atomic mass is 32.1. The smallest absolute Gasteiger partial charge is 0.157 e. The van der Waals surface area contributed by atoms with Crippen molar-refractivity contribution < 1.29 is 0 Å². The standard InChI is InChI=1S/C13H18N4S/c14-8-10-12(15)16-18-13(10)17-7-3-5-9-4-1-2-6-11(9)17/h9,11H,1-7H2,(H2,15,16). The molecule has 96 valence electrons. The van der Waals surface area contributed by atoms with Crippen LogP contribution in [0.5, 0.6) is 0 Å². The van der Waals surface area contributed by atoms with E-state index in [4.69, 9.17) is 5.73 Å². The van der Waals surface area contributed by atoms with E-state index in [9.17, 15) is 5.26 Å². The van der Waals surface area contributed by atoms with Gasteiger partial charge in [-0.2, -0.15) is 9.64 Å². The second-order valence-electron chi connectivity index (χ2n) is 5.31. The normalized spacial score (nSPS) is 27.6. The van der Waals surface area contributed by atoms with Crippen LogP contribution in [-0.4, -0.2) is 17.0 Å². The molecule has 1 aromatic rings. The van der Waals surface area contributed by atoms with Gasteiger partial charge in [0.25, 0.3) is 0 Å². The molecule has 3 rings (SSSR count). The molecule has 1 aliphatic carbocycles. The van der Waals surface area contributed by atoms with Crippen molar-refractivity contribution in [2.75, 3.05) is 17.2 Å². The Morgan fingerprint density at radius 1 is 1.28 bits per heavy atom. The fraction of sp³-hybridized carbons (Fsp3) is 0.692. The van der Waals surface area contributed by atoms with Crippen LogP contribution in [0.1, 0.15) is 44.1 Å². The van der Waals surface area contributed by atoms with E-state index in [0.29, 0.717) is 17.4 Å². The minimum Gasteiger partial charge on any atom is -0.382 e. The molecule has 2 unspecified atom stereocenters. The van der Waals surface area contributed by atoms with Crippen molar-refractivity contribution in [2.24, 2.45) is 5.92 Å². The molecule has 0 bridgehead atoms. The van der Waals surface area contributed by atoms with Gasteiger partial charge in [-0.3, -0.25) is 0 Å². The molecule has 2 N–H and O–H groups in total. The summed E-state index contributed by atoms with van der Waals surface area (Å²) in [7, 11) is 0. The lowest BCUT2D eigenvalue weighted by atomic mass is 9.78. The van der Waals surface area contributed by atoms with Gasteiger partial charge in [0, 0.05) is 12.6 Å².